The summed E-state index contributed by atoms with van der Waals surface area (Å²) in [6.07, 6.45) is 15.0. The SMILES string of the molecule is C/C=C/CCc1ccc(CCc2ccc(-c3ccc(CC/C=C/C)cc3)cc2Cl)cc1. The third kappa shape index (κ3) is 7.26. The Labute approximate surface area is 193 Å². The van der Waals surface area contributed by atoms with E-state index in [9.17, 15) is 0 Å². The fourth-order valence-electron chi connectivity index (χ4n) is 3.78. The van der Waals surface area contributed by atoms with Gasteiger partial charge in [0.25, 0.3) is 0 Å². The van der Waals surface area contributed by atoms with Crippen LogP contribution in [0.15, 0.2) is 91.0 Å². The van der Waals surface area contributed by atoms with Gasteiger partial charge in [-0.3, -0.25) is 0 Å². The highest BCUT2D eigenvalue weighted by molar-refractivity contribution is 6.31. The lowest BCUT2D eigenvalue weighted by Crippen LogP contribution is -1.94. The summed E-state index contributed by atoms with van der Waals surface area (Å²) in [6.45, 7) is 4.14. The highest BCUT2D eigenvalue weighted by Crippen LogP contribution is 2.27. The van der Waals surface area contributed by atoms with Crippen molar-refractivity contribution in [3.05, 3.63) is 118 Å². The molecule has 0 aliphatic rings. The molecule has 0 unspecified atom stereocenters. The van der Waals surface area contributed by atoms with E-state index < -0.39 is 0 Å². The van der Waals surface area contributed by atoms with Crippen LogP contribution < -0.4 is 0 Å². The van der Waals surface area contributed by atoms with Crippen LogP contribution in [0, 0.1) is 0 Å². The lowest BCUT2D eigenvalue weighted by atomic mass is 9.98. The largest absolute Gasteiger partial charge is 0.0917 e. The van der Waals surface area contributed by atoms with Crippen LogP contribution in [0.3, 0.4) is 0 Å². The molecule has 0 N–H and O–H groups in total. The molecule has 0 saturated heterocycles. The van der Waals surface area contributed by atoms with Gasteiger partial charge in [0, 0.05) is 5.02 Å². The third-order valence-corrected chi connectivity index (χ3v) is 6.07. The Morgan fingerprint density at radius 1 is 0.581 bits per heavy atom. The molecule has 3 aromatic carbocycles. The van der Waals surface area contributed by atoms with Crippen LogP contribution in [0.4, 0.5) is 0 Å². The van der Waals surface area contributed by atoms with Gasteiger partial charge in [-0.15, -0.1) is 0 Å². The smallest absolute Gasteiger partial charge is 0.0444 e. The van der Waals surface area contributed by atoms with Crippen molar-refractivity contribution < 1.29 is 0 Å². The first-order chi connectivity index (χ1) is 15.2. The van der Waals surface area contributed by atoms with Crippen molar-refractivity contribution in [1.29, 1.82) is 0 Å². The summed E-state index contributed by atoms with van der Waals surface area (Å²) in [5, 5.41) is 0.859. The molecule has 0 saturated carbocycles. The Kier molecular flexibility index (Phi) is 9.18. The van der Waals surface area contributed by atoms with Gasteiger partial charge in [-0.05, 0) is 91.8 Å². The standard InChI is InChI=1S/C30H33Cl/c1-3-5-7-9-24-11-13-26(14-12-24)17-20-28-21-22-29(23-30(28)31)27-18-15-25(16-19-27)10-8-6-4-2/h3-6,11-16,18-19,21-23H,7-10,17,20H2,1-2H3/b5-3+,6-4+. The second-order valence-electron chi connectivity index (χ2n) is 8.04. The van der Waals surface area contributed by atoms with E-state index in [-0.39, 0.29) is 0 Å². The highest BCUT2D eigenvalue weighted by Gasteiger charge is 2.05. The Hall–Kier alpha value is -2.57. The molecule has 0 spiro atoms. The predicted molar refractivity (Wildman–Crippen MR) is 137 cm³/mol. The minimum absolute atomic E-state index is 0.859. The van der Waals surface area contributed by atoms with Gasteiger partial charge >= 0.3 is 0 Å². The van der Waals surface area contributed by atoms with Gasteiger partial charge in [0.15, 0.2) is 0 Å². The van der Waals surface area contributed by atoms with Crippen molar-refractivity contribution in [2.75, 3.05) is 0 Å². The summed E-state index contributed by atoms with van der Waals surface area (Å²) in [6, 6.07) is 24.4. The molecule has 0 heterocycles. The monoisotopic (exact) mass is 428 g/mol. The van der Waals surface area contributed by atoms with Crippen LogP contribution >= 0.6 is 11.6 Å². The number of halogens is 1. The van der Waals surface area contributed by atoms with Gasteiger partial charge in [-0.25, -0.2) is 0 Å². The second-order valence-corrected chi connectivity index (χ2v) is 8.44. The molecule has 0 bridgehead atoms. The van der Waals surface area contributed by atoms with Crippen LogP contribution in [0.5, 0.6) is 0 Å². The molecule has 0 atom stereocenters. The van der Waals surface area contributed by atoms with E-state index in [1.165, 1.54) is 33.4 Å². The average Bonchev–Trinajstić information content (AvgIpc) is 2.80. The predicted octanol–water partition coefficient (Wildman–Crippen LogP) is 8.81. The molecular weight excluding hydrogens is 396 g/mol. The van der Waals surface area contributed by atoms with Crippen molar-refractivity contribution in [2.45, 2.75) is 52.4 Å². The molecule has 1 heteroatoms. The van der Waals surface area contributed by atoms with Gasteiger partial charge in [-0.1, -0.05) is 96.6 Å². The summed E-state index contributed by atoms with van der Waals surface area (Å²) in [4.78, 5) is 0. The topological polar surface area (TPSA) is 0 Å². The van der Waals surface area contributed by atoms with Crippen LogP contribution in [0.1, 0.15) is 48.9 Å². The molecule has 3 rings (SSSR count). The van der Waals surface area contributed by atoms with Crippen LogP contribution in [-0.4, -0.2) is 0 Å². The maximum atomic E-state index is 6.64. The number of hydrogen-bond acceptors (Lipinski definition) is 0. The molecular formula is C30H33Cl. The molecule has 0 aromatic heterocycles. The maximum absolute atomic E-state index is 6.64. The lowest BCUT2D eigenvalue weighted by Gasteiger charge is -2.09. The first-order valence-electron chi connectivity index (χ1n) is 11.4. The first-order valence-corrected chi connectivity index (χ1v) is 11.7. The van der Waals surface area contributed by atoms with Crippen molar-refractivity contribution in [1.82, 2.24) is 0 Å². The molecule has 3 aromatic rings. The van der Waals surface area contributed by atoms with Gasteiger partial charge in [-0.2, -0.15) is 0 Å². The molecule has 0 aliphatic heterocycles. The Balaban J connectivity index is 1.58. The van der Waals surface area contributed by atoms with Gasteiger partial charge < -0.3 is 0 Å². The maximum Gasteiger partial charge on any atom is 0.0444 e. The Morgan fingerprint density at radius 3 is 1.58 bits per heavy atom. The number of allylic oxidation sites excluding steroid dienone is 4. The summed E-state index contributed by atoms with van der Waals surface area (Å²) in [7, 11) is 0. The summed E-state index contributed by atoms with van der Waals surface area (Å²) in [5.41, 5.74) is 7.75. The number of aryl methyl sites for hydroxylation is 4. The quantitative estimate of drug-likeness (QED) is 0.283. The molecule has 0 amide bonds. The molecule has 0 aliphatic carbocycles. The fourth-order valence-corrected chi connectivity index (χ4v) is 4.05. The number of rotatable bonds is 10. The summed E-state index contributed by atoms with van der Waals surface area (Å²) >= 11 is 6.64. The normalized spacial score (nSPS) is 11.6. The Bertz CT molecular complexity index is 992. The molecule has 0 fully saturated rings. The molecule has 31 heavy (non-hydrogen) atoms. The van der Waals surface area contributed by atoms with Crippen molar-refractivity contribution in [3.63, 3.8) is 0 Å². The Morgan fingerprint density at radius 2 is 1.06 bits per heavy atom. The lowest BCUT2D eigenvalue weighted by molar-refractivity contribution is 0.951. The van der Waals surface area contributed by atoms with E-state index in [0.29, 0.717) is 0 Å². The fraction of sp³-hybridized carbons (Fsp3) is 0.267. The molecule has 0 radical (unpaired) electrons. The zero-order valence-corrected chi connectivity index (χ0v) is 19.5. The summed E-state index contributed by atoms with van der Waals surface area (Å²) < 4.78 is 0. The number of hydrogen-bond donors (Lipinski definition) is 0. The highest BCUT2D eigenvalue weighted by atomic mass is 35.5. The van der Waals surface area contributed by atoms with E-state index in [0.717, 1.165) is 43.5 Å². The minimum atomic E-state index is 0.859. The number of benzene rings is 3. The minimum Gasteiger partial charge on any atom is -0.0917 e. The van der Waals surface area contributed by atoms with Crippen molar-refractivity contribution in [2.24, 2.45) is 0 Å². The van der Waals surface area contributed by atoms with E-state index in [1.807, 2.05) is 0 Å². The van der Waals surface area contributed by atoms with E-state index in [2.05, 4.69) is 105 Å². The van der Waals surface area contributed by atoms with E-state index in [4.69, 9.17) is 11.6 Å². The van der Waals surface area contributed by atoms with Gasteiger partial charge in [0.05, 0.1) is 0 Å². The zero-order chi connectivity index (χ0) is 21.9. The van der Waals surface area contributed by atoms with E-state index in [1.54, 1.807) is 0 Å². The van der Waals surface area contributed by atoms with Crippen molar-refractivity contribution >= 4 is 11.6 Å². The molecule has 0 nitrogen and oxygen atoms in total. The van der Waals surface area contributed by atoms with Crippen LogP contribution in [0.2, 0.25) is 5.02 Å². The zero-order valence-electron chi connectivity index (χ0n) is 18.8. The summed E-state index contributed by atoms with van der Waals surface area (Å²) in [5.74, 6) is 0. The third-order valence-electron chi connectivity index (χ3n) is 5.72. The van der Waals surface area contributed by atoms with Crippen molar-refractivity contribution in [3.8, 4) is 11.1 Å². The van der Waals surface area contributed by atoms with Gasteiger partial charge in [0.1, 0.15) is 0 Å². The first kappa shape index (κ1) is 23.1. The average molecular weight is 429 g/mol. The van der Waals surface area contributed by atoms with Crippen LogP contribution in [-0.2, 0) is 25.7 Å². The van der Waals surface area contributed by atoms with Gasteiger partial charge in [0.2, 0.25) is 0 Å². The van der Waals surface area contributed by atoms with E-state index >= 15 is 0 Å². The second kappa shape index (κ2) is 12.3. The molecule has 160 valence electrons. The van der Waals surface area contributed by atoms with Crippen LogP contribution in [0.25, 0.3) is 11.1 Å².